The summed E-state index contributed by atoms with van der Waals surface area (Å²) in [6, 6.07) is 4.47. The van der Waals surface area contributed by atoms with Gasteiger partial charge in [-0.3, -0.25) is 10.1 Å². The van der Waals surface area contributed by atoms with Crippen LogP contribution in [0.1, 0.15) is 18.9 Å². The molecule has 5 nitrogen and oxygen atoms in total. The summed E-state index contributed by atoms with van der Waals surface area (Å²) in [5.74, 6) is 0.617. The zero-order valence-corrected chi connectivity index (χ0v) is 9.34. The van der Waals surface area contributed by atoms with Crippen LogP contribution < -0.4 is 4.74 Å². The number of nitro benzene ring substituents is 1. The molecule has 0 aliphatic carbocycles. The van der Waals surface area contributed by atoms with Gasteiger partial charge in [-0.05, 0) is 25.8 Å². The van der Waals surface area contributed by atoms with Gasteiger partial charge in [-0.25, -0.2) is 0 Å². The number of aliphatic hydroxyl groups excluding tert-OH is 1. The molecule has 0 fully saturated rings. The third-order valence-corrected chi connectivity index (χ3v) is 2.31. The Bertz CT molecular complexity index is 376. The van der Waals surface area contributed by atoms with Gasteiger partial charge in [-0.1, -0.05) is 0 Å². The molecule has 0 aromatic heterocycles. The molecule has 1 N–H and O–H groups in total. The standard InChI is InChI=1S/C11H15NO4/c1-8(13)3-4-9-7-10(12(14)15)5-6-11(9)16-2/h5-8,13H,3-4H2,1-2H3/t8-/m0/s1. The average Bonchev–Trinajstić information content (AvgIpc) is 2.25. The van der Waals surface area contributed by atoms with E-state index in [1.54, 1.807) is 13.0 Å². The van der Waals surface area contributed by atoms with E-state index >= 15 is 0 Å². The number of methoxy groups -OCH3 is 1. The molecule has 0 aliphatic heterocycles. The van der Waals surface area contributed by atoms with Crippen LogP contribution in [-0.4, -0.2) is 23.2 Å². The van der Waals surface area contributed by atoms with Crippen molar-refractivity contribution in [1.29, 1.82) is 0 Å². The van der Waals surface area contributed by atoms with Crippen LogP contribution in [0.3, 0.4) is 0 Å². The van der Waals surface area contributed by atoms with Crippen molar-refractivity contribution in [2.75, 3.05) is 7.11 Å². The predicted molar refractivity (Wildman–Crippen MR) is 59.7 cm³/mol. The molecule has 0 unspecified atom stereocenters. The Kier molecular flexibility index (Phi) is 4.25. The van der Waals surface area contributed by atoms with Crippen LogP contribution in [0.25, 0.3) is 0 Å². The Morgan fingerprint density at radius 1 is 1.56 bits per heavy atom. The van der Waals surface area contributed by atoms with Gasteiger partial charge in [0, 0.05) is 17.7 Å². The van der Waals surface area contributed by atoms with E-state index in [-0.39, 0.29) is 5.69 Å². The van der Waals surface area contributed by atoms with Gasteiger partial charge in [0.15, 0.2) is 0 Å². The number of hydrogen-bond acceptors (Lipinski definition) is 4. The minimum absolute atomic E-state index is 0.0430. The summed E-state index contributed by atoms with van der Waals surface area (Å²) < 4.78 is 5.11. The van der Waals surface area contributed by atoms with Gasteiger partial charge in [0.05, 0.1) is 18.1 Å². The fraction of sp³-hybridized carbons (Fsp3) is 0.455. The van der Waals surface area contributed by atoms with Crippen molar-refractivity contribution in [1.82, 2.24) is 0 Å². The van der Waals surface area contributed by atoms with Crippen molar-refractivity contribution in [2.45, 2.75) is 25.9 Å². The van der Waals surface area contributed by atoms with E-state index in [9.17, 15) is 15.2 Å². The summed E-state index contributed by atoms with van der Waals surface area (Å²) in [4.78, 5) is 10.2. The molecule has 16 heavy (non-hydrogen) atoms. The third kappa shape index (κ3) is 3.20. The Labute approximate surface area is 93.8 Å². The normalized spacial score (nSPS) is 12.2. The van der Waals surface area contributed by atoms with Gasteiger partial charge in [-0.2, -0.15) is 0 Å². The molecule has 0 saturated heterocycles. The first-order valence-electron chi connectivity index (χ1n) is 5.04. The highest BCUT2D eigenvalue weighted by atomic mass is 16.6. The van der Waals surface area contributed by atoms with Crippen LogP contribution in [0.2, 0.25) is 0 Å². The molecule has 0 saturated carbocycles. The number of rotatable bonds is 5. The molecular formula is C11H15NO4. The molecule has 5 heteroatoms. The minimum Gasteiger partial charge on any atom is -0.496 e. The maximum absolute atomic E-state index is 10.6. The zero-order chi connectivity index (χ0) is 12.1. The Morgan fingerprint density at radius 3 is 2.75 bits per heavy atom. The van der Waals surface area contributed by atoms with Crippen LogP contribution >= 0.6 is 0 Å². The number of benzene rings is 1. The quantitative estimate of drug-likeness (QED) is 0.613. The van der Waals surface area contributed by atoms with Gasteiger partial charge in [0.2, 0.25) is 0 Å². The summed E-state index contributed by atoms with van der Waals surface area (Å²) in [5.41, 5.74) is 0.791. The van der Waals surface area contributed by atoms with E-state index in [0.29, 0.717) is 18.6 Å². The van der Waals surface area contributed by atoms with Gasteiger partial charge in [0.1, 0.15) is 5.75 Å². The Morgan fingerprint density at radius 2 is 2.25 bits per heavy atom. The molecule has 0 bridgehead atoms. The molecular weight excluding hydrogens is 210 g/mol. The molecule has 1 atom stereocenters. The van der Waals surface area contributed by atoms with Gasteiger partial charge >= 0.3 is 0 Å². The fourth-order valence-corrected chi connectivity index (χ4v) is 1.44. The van der Waals surface area contributed by atoms with Crippen LogP contribution in [-0.2, 0) is 6.42 Å². The maximum Gasteiger partial charge on any atom is 0.269 e. The number of aryl methyl sites for hydroxylation is 1. The predicted octanol–water partition coefficient (Wildman–Crippen LogP) is 1.92. The molecule has 1 aromatic carbocycles. The number of nitrogens with zero attached hydrogens (tertiary/aromatic N) is 1. The molecule has 1 rings (SSSR count). The molecule has 0 aliphatic rings. The van der Waals surface area contributed by atoms with Crippen molar-refractivity contribution >= 4 is 5.69 Å². The monoisotopic (exact) mass is 225 g/mol. The highest BCUT2D eigenvalue weighted by Gasteiger charge is 2.11. The van der Waals surface area contributed by atoms with Crippen molar-refractivity contribution in [2.24, 2.45) is 0 Å². The van der Waals surface area contributed by atoms with Crippen LogP contribution in [0.15, 0.2) is 18.2 Å². The highest BCUT2D eigenvalue weighted by molar-refractivity contribution is 5.43. The first-order valence-corrected chi connectivity index (χ1v) is 5.04. The number of non-ortho nitro benzene ring substituents is 1. The smallest absolute Gasteiger partial charge is 0.269 e. The van der Waals surface area contributed by atoms with Crippen molar-refractivity contribution in [3.05, 3.63) is 33.9 Å². The van der Waals surface area contributed by atoms with Crippen LogP contribution in [0, 0.1) is 10.1 Å². The summed E-state index contributed by atoms with van der Waals surface area (Å²) >= 11 is 0. The number of hydrogen-bond donors (Lipinski definition) is 1. The Hall–Kier alpha value is -1.62. The van der Waals surface area contributed by atoms with Crippen LogP contribution in [0.5, 0.6) is 5.75 Å². The van der Waals surface area contributed by atoms with Crippen molar-refractivity contribution in [3.63, 3.8) is 0 Å². The fourth-order valence-electron chi connectivity index (χ4n) is 1.44. The maximum atomic E-state index is 10.6. The first kappa shape index (κ1) is 12.4. The van der Waals surface area contributed by atoms with Gasteiger partial charge in [0.25, 0.3) is 5.69 Å². The SMILES string of the molecule is COc1ccc([N+](=O)[O-])cc1CC[C@H](C)O. The first-order chi connectivity index (χ1) is 7.54. The summed E-state index contributed by atoms with van der Waals surface area (Å²) in [6.45, 7) is 1.68. The third-order valence-electron chi connectivity index (χ3n) is 2.31. The van der Waals surface area contributed by atoms with E-state index in [1.165, 1.54) is 19.2 Å². The minimum atomic E-state index is -0.439. The summed E-state index contributed by atoms with van der Waals surface area (Å²) in [6.07, 6.45) is 0.684. The lowest BCUT2D eigenvalue weighted by Gasteiger charge is -2.09. The molecule has 1 aromatic rings. The lowest BCUT2D eigenvalue weighted by molar-refractivity contribution is -0.384. The Balaban J connectivity index is 2.93. The second kappa shape index (κ2) is 5.46. The average molecular weight is 225 g/mol. The number of ether oxygens (including phenoxy) is 1. The van der Waals surface area contributed by atoms with E-state index in [1.807, 2.05) is 0 Å². The zero-order valence-electron chi connectivity index (χ0n) is 9.34. The van der Waals surface area contributed by atoms with Gasteiger partial charge in [-0.15, -0.1) is 0 Å². The lowest BCUT2D eigenvalue weighted by Crippen LogP contribution is -2.03. The topological polar surface area (TPSA) is 72.6 Å². The largest absolute Gasteiger partial charge is 0.496 e. The van der Waals surface area contributed by atoms with E-state index in [4.69, 9.17) is 4.74 Å². The summed E-state index contributed by atoms with van der Waals surface area (Å²) in [7, 11) is 1.52. The van der Waals surface area contributed by atoms with E-state index in [0.717, 1.165) is 5.56 Å². The molecule has 0 amide bonds. The van der Waals surface area contributed by atoms with Gasteiger partial charge < -0.3 is 9.84 Å². The van der Waals surface area contributed by atoms with E-state index in [2.05, 4.69) is 0 Å². The second-order valence-corrected chi connectivity index (χ2v) is 3.64. The summed E-state index contributed by atoms with van der Waals surface area (Å²) in [5, 5.41) is 19.8. The second-order valence-electron chi connectivity index (χ2n) is 3.64. The number of nitro groups is 1. The lowest BCUT2D eigenvalue weighted by atomic mass is 10.1. The van der Waals surface area contributed by atoms with Crippen LogP contribution in [0.4, 0.5) is 5.69 Å². The molecule has 0 radical (unpaired) electrons. The van der Waals surface area contributed by atoms with E-state index < -0.39 is 11.0 Å². The molecule has 0 heterocycles. The molecule has 88 valence electrons. The number of aliphatic hydroxyl groups is 1. The van der Waals surface area contributed by atoms with Crippen molar-refractivity contribution in [3.8, 4) is 5.75 Å². The van der Waals surface area contributed by atoms with Crippen molar-refractivity contribution < 1.29 is 14.8 Å². The molecule has 0 spiro atoms. The highest BCUT2D eigenvalue weighted by Crippen LogP contribution is 2.25.